The molecule has 1 aliphatic heterocycles. The third kappa shape index (κ3) is 2.84. The van der Waals surface area contributed by atoms with Crippen LogP contribution in [0.1, 0.15) is 24.5 Å². The normalized spacial score (nSPS) is 21.4. The summed E-state index contributed by atoms with van der Waals surface area (Å²) in [7, 11) is 0. The van der Waals surface area contributed by atoms with Crippen LogP contribution in [0.3, 0.4) is 0 Å². The molecule has 1 aliphatic rings. The van der Waals surface area contributed by atoms with Gasteiger partial charge in [0.05, 0.1) is 11.3 Å². The topological polar surface area (TPSA) is 24.7 Å². The van der Waals surface area contributed by atoms with E-state index in [1.807, 2.05) is 54.6 Å². The maximum atomic E-state index is 4.79. The lowest BCUT2D eigenvalue weighted by molar-refractivity contribution is 0.609. The Morgan fingerprint density at radius 2 is 1.52 bits per heavy atom. The molecule has 0 bridgehead atoms. The fourth-order valence-electron chi connectivity index (χ4n) is 2.44. The average molecular weight is 274 g/mol. The van der Waals surface area contributed by atoms with Gasteiger partial charge >= 0.3 is 0 Å². The molecule has 1 unspecified atom stereocenters. The third-order valence-corrected chi connectivity index (χ3v) is 3.71. The van der Waals surface area contributed by atoms with E-state index in [9.17, 15) is 0 Å². The minimum Gasteiger partial charge on any atom is -0.255 e. The molecule has 0 radical (unpaired) electrons. The number of benzene rings is 2. The van der Waals surface area contributed by atoms with E-state index in [1.54, 1.807) is 0 Å². The molecule has 2 nitrogen and oxygen atoms in total. The number of hydrogen-bond donors (Lipinski definition) is 0. The van der Waals surface area contributed by atoms with E-state index < -0.39 is 0 Å². The molecule has 1 atom stereocenters. The Labute approximate surface area is 125 Å². The Morgan fingerprint density at radius 1 is 0.952 bits per heavy atom. The molecule has 2 aromatic carbocycles. The summed E-state index contributed by atoms with van der Waals surface area (Å²) in [5, 5.41) is 0. The van der Waals surface area contributed by atoms with Crippen LogP contribution in [0.25, 0.3) is 0 Å². The first kappa shape index (κ1) is 13.5. The molecule has 0 N–H and O–H groups in total. The smallest absolute Gasteiger partial charge is 0.155 e. The molecule has 0 fully saturated rings. The van der Waals surface area contributed by atoms with Gasteiger partial charge in [-0.25, -0.2) is 4.99 Å². The third-order valence-electron chi connectivity index (χ3n) is 3.71. The number of hydrogen-bond acceptors (Lipinski definition) is 2. The van der Waals surface area contributed by atoms with Crippen molar-refractivity contribution in [2.24, 2.45) is 9.98 Å². The largest absolute Gasteiger partial charge is 0.255 e. The second kappa shape index (κ2) is 5.49. The standard InChI is InChI=1S/C19H18N2/c1-3-19(2)14-17(15-10-6-4-7-11-15)20-18(21-19)16-12-8-5-9-13-16/h3-13H,1,14H2,2H3. The second-order valence-electron chi connectivity index (χ2n) is 5.46. The minimum absolute atomic E-state index is 0.307. The number of aliphatic imine (C=N–C) groups is 2. The van der Waals surface area contributed by atoms with Crippen molar-refractivity contribution in [3.63, 3.8) is 0 Å². The lowest BCUT2D eigenvalue weighted by atomic mass is 9.90. The number of rotatable bonds is 3. The maximum absolute atomic E-state index is 4.79. The summed E-state index contributed by atoms with van der Waals surface area (Å²) in [6, 6.07) is 20.4. The van der Waals surface area contributed by atoms with Gasteiger partial charge in [-0.3, -0.25) is 4.99 Å². The van der Waals surface area contributed by atoms with E-state index in [2.05, 4.69) is 25.6 Å². The zero-order valence-electron chi connectivity index (χ0n) is 12.2. The summed E-state index contributed by atoms with van der Waals surface area (Å²) >= 11 is 0. The van der Waals surface area contributed by atoms with Gasteiger partial charge < -0.3 is 0 Å². The average Bonchev–Trinajstić information content (AvgIpc) is 2.56. The van der Waals surface area contributed by atoms with E-state index in [1.165, 1.54) is 0 Å². The van der Waals surface area contributed by atoms with Crippen LogP contribution in [0, 0.1) is 0 Å². The quantitative estimate of drug-likeness (QED) is 0.747. The molecule has 0 aromatic heterocycles. The SMILES string of the molecule is C=CC1(C)CC(c2ccccc2)=NC(c2ccccc2)=N1. The van der Waals surface area contributed by atoms with E-state index in [0.717, 1.165) is 29.1 Å². The highest BCUT2D eigenvalue weighted by molar-refractivity contribution is 6.14. The van der Waals surface area contributed by atoms with Crippen LogP contribution >= 0.6 is 0 Å². The molecule has 2 aromatic rings. The van der Waals surface area contributed by atoms with Gasteiger partial charge in [0.2, 0.25) is 0 Å². The predicted molar refractivity (Wildman–Crippen MR) is 89.2 cm³/mol. The van der Waals surface area contributed by atoms with Gasteiger partial charge in [0, 0.05) is 12.0 Å². The maximum Gasteiger partial charge on any atom is 0.155 e. The van der Waals surface area contributed by atoms with Gasteiger partial charge in [-0.05, 0) is 12.5 Å². The Kier molecular flexibility index (Phi) is 3.53. The molecule has 2 heteroatoms. The Hall–Kier alpha value is -2.48. The molecule has 0 saturated heterocycles. The number of amidine groups is 1. The summed E-state index contributed by atoms with van der Waals surface area (Å²) in [5.41, 5.74) is 2.94. The van der Waals surface area contributed by atoms with E-state index >= 15 is 0 Å². The van der Waals surface area contributed by atoms with Crippen molar-refractivity contribution in [2.75, 3.05) is 0 Å². The fourth-order valence-corrected chi connectivity index (χ4v) is 2.44. The Bertz CT molecular complexity index is 699. The van der Waals surface area contributed by atoms with Crippen LogP contribution in [0.15, 0.2) is 83.3 Å². The van der Waals surface area contributed by atoms with Crippen LogP contribution < -0.4 is 0 Å². The highest BCUT2D eigenvalue weighted by atomic mass is 15.0. The molecule has 3 rings (SSSR count). The molecule has 0 amide bonds. The molecule has 0 aliphatic carbocycles. The van der Waals surface area contributed by atoms with Crippen LogP contribution in [-0.4, -0.2) is 17.1 Å². The first-order valence-corrected chi connectivity index (χ1v) is 7.12. The summed E-state index contributed by atoms with van der Waals surface area (Å²) < 4.78 is 0. The van der Waals surface area contributed by atoms with E-state index in [4.69, 9.17) is 9.98 Å². The fraction of sp³-hybridized carbons (Fsp3) is 0.158. The van der Waals surface area contributed by atoms with Crippen LogP contribution in [0.5, 0.6) is 0 Å². The molecule has 104 valence electrons. The lowest BCUT2D eigenvalue weighted by Gasteiger charge is -2.27. The first-order chi connectivity index (χ1) is 10.2. The molecule has 0 spiro atoms. The van der Waals surface area contributed by atoms with Gasteiger partial charge in [0.25, 0.3) is 0 Å². The summed E-state index contributed by atoms with van der Waals surface area (Å²) in [5.74, 6) is 0.781. The van der Waals surface area contributed by atoms with E-state index in [0.29, 0.717) is 0 Å². The zero-order chi connectivity index (χ0) is 14.7. The van der Waals surface area contributed by atoms with Crippen molar-refractivity contribution in [3.8, 4) is 0 Å². The first-order valence-electron chi connectivity index (χ1n) is 7.12. The van der Waals surface area contributed by atoms with Gasteiger partial charge in [-0.2, -0.15) is 0 Å². The van der Waals surface area contributed by atoms with Gasteiger partial charge in [-0.15, -0.1) is 6.58 Å². The molecular weight excluding hydrogens is 256 g/mol. The Balaban J connectivity index is 2.09. The van der Waals surface area contributed by atoms with Crippen molar-refractivity contribution in [3.05, 3.63) is 84.4 Å². The number of nitrogens with zero attached hydrogens (tertiary/aromatic N) is 2. The lowest BCUT2D eigenvalue weighted by Crippen LogP contribution is -2.30. The summed E-state index contributed by atoms with van der Waals surface area (Å²) in [6.45, 7) is 6.05. The highest BCUT2D eigenvalue weighted by Gasteiger charge is 2.27. The van der Waals surface area contributed by atoms with Crippen molar-refractivity contribution in [2.45, 2.75) is 18.9 Å². The molecule has 1 heterocycles. The van der Waals surface area contributed by atoms with Gasteiger partial charge in [-0.1, -0.05) is 66.7 Å². The predicted octanol–water partition coefficient (Wildman–Crippen LogP) is 4.27. The van der Waals surface area contributed by atoms with Crippen LogP contribution in [0.2, 0.25) is 0 Å². The van der Waals surface area contributed by atoms with Crippen LogP contribution in [-0.2, 0) is 0 Å². The van der Waals surface area contributed by atoms with Gasteiger partial charge in [0.1, 0.15) is 0 Å². The van der Waals surface area contributed by atoms with E-state index in [-0.39, 0.29) is 5.54 Å². The molecule has 21 heavy (non-hydrogen) atoms. The summed E-state index contributed by atoms with van der Waals surface area (Å²) in [4.78, 5) is 9.57. The van der Waals surface area contributed by atoms with Crippen LogP contribution in [0.4, 0.5) is 0 Å². The Morgan fingerprint density at radius 3 is 2.10 bits per heavy atom. The summed E-state index contributed by atoms with van der Waals surface area (Å²) in [6.07, 6.45) is 2.68. The van der Waals surface area contributed by atoms with Crippen molar-refractivity contribution >= 4 is 11.5 Å². The highest BCUT2D eigenvalue weighted by Crippen LogP contribution is 2.26. The zero-order valence-corrected chi connectivity index (χ0v) is 12.2. The van der Waals surface area contributed by atoms with Crippen molar-refractivity contribution < 1.29 is 0 Å². The van der Waals surface area contributed by atoms with Crippen molar-refractivity contribution in [1.29, 1.82) is 0 Å². The monoisotopic (exact) mass is 274 g/mol. The second-order valence-corrected chi connectivity index (χ2v) is 5.46. The van der Waals surface area contributed by atoms with Crippen molar-refractivity contribution in [1.82, 2.24) is 0 Å². The molecule has 0 saturated carbocycles. The minimum atomic E-state index is -0.307. The molecular formula is C19H18N2. The van der Waals surface area contributed by atoms with Gasteiger partial charge in [0.15, 0.2) is 5.84 Å².